The van der Waals surface area contributed by atoms with E-state index < -0.39 is 0 Å². The fourth-order valence-electron chi connectivity index (χ4n) is 1.57. The van der Waals surface area contributed by atoms with Crippen LogP contribution in [0.25, 0.3) is 0 Å². The van der Waals surface area contributed by atoms with E-state index in [4.69, 9.17) is 0 Å². The molecule has 0 aromatic carbocycles. The van der Waals surface area contributed by atoms with Crippen molar-refractivity contribution in [3.63, 3.8) is 0 Å². The Morgan fingerprint density at radius 2 is 1.92 bits per heavy atom. The van der Waals surface area contributed by atoms with Gasteiger partial charge in [0.15, 0.2) is 0 Å². The van der Waals surface area contributed by atoms with Crippen LogP contribution in [0.15, 0.2) is 0 Å². The molecule has 0 amide bonds. The molecule has 0 fully saturated rings. The molecule has 0 aromatic rings. The van der Waals surface area contributed by atoms with Crippen LogP contribution in [0.5, 0.6) is 0 Å². The van der Waals surface area contributed by atoms with Gasteiger partial charge in [-0.3, -0.25) is 0 Å². The maximum absolute atomic E-state index is 3.07. The van der Waals surface area contributed by atoms with Gasteiger partial charge in [-0.25, -0.2) is 0 Å². The fraction of sp³-hybridized carbons (Fsp3) is 0.909. The molecule has 0 aliphatic carbocycles. The van der Waals surface area contributed by atoms with E-state index in [0.717, 1.165) is 17.7 Å². The second-order valence-electron chi connectivity index (χ2n) is 4.33. The molecule has 0 aliphatic rings. The van der Waals surface area contributed by atoms with Crippen LogP contribution in [0.3, 0.4) is 0 Å². The second kappa shape index (κ2) is 7.17. The molecule has 2 heteroatoms. The molecule has 0 saturated heterocycles. The first kappa shape index (κ1) is 12.7. The molecule has 1 nitrogen and oxygen atoms in total. The van der Waals surface area contributed by atoms with E-state index in [0.29, 0.717) is 0 Å². The molecule has 0 bridgehead atoms. The second-order valence-corrected chi connectivity index (χ2v) is 4.33. The average Bonchev–Trinajstić information content (AvgIpc) is 2.10. The van der Waals surface area contributed by atoms with Crippen LogP contribution in [0.2, 0.25) is 5.82 Å². The van der Waals surface area contributed by atoms with E-state index in [9.17, 15) is 0 Å². The summed E-state index contributed by atoms with van der Waals surface area (Å²) in [5, 5.41) is 3.07. The molecule has 0 saturated carbocycles. The number of hydrogen-bond acceptors (Lipinski definition) is 1. The molecule has 0 radical (unpaired) electrons. The van der Waals surface area contributed by atoms with E-state index in [1.807, 2.05) is 7.05 Å². The van der Waals surface area contributed by atoms with Gasteiger partial charge in [0.2, 0.25) is 0 Å². The van der Waals surface area contributed by atoms with Crippen molar-refractivity contribution >= 4 is 13.0 Å². The Bertz CT molecular complexity index is 143. The summed E-state index contributed by atoms with van der Waals surface area (Å²) in [6.45, 7) is 11.5. The van der Waals surface area contributed by atoms with E-state index in [2.05, 4.69) is 46.0 Å². The van der Waals surface area contributed by atoms with Gasteiger partial charge in [-0.15, -0.1) is 0 Å². The van der Waals surface area contributed by atoms with Crippen molar-refractivity contribution in [2.24, 2.45) is 11.8 Å². The van der Waals surface area contributed by atoms with Gasteiger partial charge in [0.05, 0.1) is 0 Å². The summed E-state index contributed by atoms with van der Waals surface area (Å²) in [6.07, 6.45) is 4.64. The van der Waals surface area contributed by atoms with Crippen LogP contribution in [-0.4, -0.2) is 20.1 Å². The summed E-state index contributed by atoms with van der Waals surface area (Å²) >= 11 is 0. The van der Waals surface area contributed by atoms with Gasteiger partial charge in [-0.2, -0.15) is 0 Å². The van der Waals surface area contributed by atoms with E-state index in [1.165, 1.54) is 12.8 Å². The zero-order valence-corrected chi connectivity index (χ0v) is 9.80. The number of nitrogens with one attached hydrogen (secondary N) is 1. The molecule has 0 rings (SSSR count). The molecule has 13 heavy (non-hydrogen) atoms. The van der Waals surface area contributed by atoms with Crippen molar-refractivity contribution in [3.05, 3.63) is 0 Å². The van der Waals surface area contributed by atoms with Crippen molar-refractivity contribution in [1.82, 2.24) is 5.32 Å². The van der Waals surface area contributed by atoms with E-state index in [-0.39, 0.29) is 0 Å². The van der Waals surface area contributed by atoms with Crippen LogP contribution in [-0.2, 0) is 0 Å². The van der Waals surface area contributed by atoms with Crippen molar-refractivity contribution in [3.8, 4) is 0 Å². The van der Waals surface area contributed by atoms with Crippen LogP contribution >= 0.6 is 0 Å². The molecule has 1 N–H and O–H groups in total. The number of rotatable bonds is 6. The third-order valence-electron chi connectivity index (χ3n) is 2.63. The van der Waals surface area contributed by atoms with Crippen LogP contribution < -0.4 is 5.32 Å². The van der Waals surface area contributed by atoms with Crippen molar-refractivity contribution in [1.29, 1.82) is 0 Å². The van der Waals surface area contributed by atoms with Crippen molar-refractivity contribution < 1.29 is 0 Å². The molecule has 2 atom stereocenters. The molecule has 0 heterocycles. The van der Waals surface area contributed by atoms with Crippen molar-refractivity contribution in [2.75, 3.05) is 7.05 Å². The van der Waals surface area contributed by atoms with Gasteiger partial charge in [0.1, 0.15) is 0 Å². The van der Waals surface area contributed by atoms with Gasteiger partial charge < -0.3 is 0 Å². The normalized spacial score (nSPS) is 15.8. The number of hydrogen-bond donors (Lipinski definition) is 1. The third-order valence-corrected chi connectivity index (χ3v) is 2.63. The van der Waals surface area contributed by atoms with Gasteiger partial charge in [-0.1, -0.05) is 0 Å². The first-order chi connectivity index (χ1) is 6.11. The van der Waals surface area contributed by atoms with E-state index >= 15 is 0 Å². The Kier molecular flexibility index (Phi) is 7.02. The fourth-order valence-corrected chi connectivity index (χ4v) is 1.57. The first-order valence-electron chi connectivity index (χ1n) is 5.45. The molecule has 76 valence electrons. The maximum atomic E-state index is 3.07. The Hall–Kier alpha value is -0.265. The predicted octanol–water partition coefficient (Wildman–Crippen LogP) is 2.55. The minimum atomic E-state index is 0.734. The predicted molar refractivity (Wildman–Crippen MR) is 63.5 cm³/mol. The summed E-state index contributed by atoms with van der Waals surface area (Å²) in [4.78, 5) is 0. The SMILES string of the molecule is CCC(C)[C@H](/B=C\NC)CC(C)C. The monoisotopic (exact) mass is 181 g/mol. The summed E-state index contributed by atoms with van der Waals surface area (Å²) < 4.78 is 0. The standard InChI is InChI=1S/C11H24BN/c1-6-10(4)11(7-9(2)3)12-8-13-5/h8-11,13H,6-7H2,1-5H3/t10?,11-/m1/s1. The summed E-state index contributed by atoms with van der Waals surface area (Å²) in [6, 6.07) is 0. The molecular formula is C11H24BN. The summed E-state index contributed by atoms with van der Waals surface area (Å²) in [5.41, 5.74) is 0. The minimum absolute atomic E-state index is 0.734. The zero-order chi connectivity index (χ0) is 10.3. The zero-order valence-electron chi connectivity index (χ0n) is 9.80. The van der Waals surface area contributed by atoms with Gasteiger partial charge >= 0.3 is 83.6 Å². The van der Waals surface area contributed by atoms with E-state index in [1.54, 1.807) is 0 Å². The molecule has 0 aliphatic heterocycles. The van der Waals surface area contributed by atoms with Gasteiger partial charge in [0.25, 0.3) is 0 Å². The Balaban J connectivity index is 4.10. The van der Waals surface area contributed by atoms with Gasteiger partial charge in [0, 0.05) is 0 Å². The summed E-state index contributed by atoms with van der Waals surface area (Å²) in [7, 11) is 1.96. The molecule has 0 aromatic heterocycles. The third kappa shape index (κ3) is 5.90. The molecule has 1 unspecified atom stereocenters. The Morgan fingerprint density at radius 1 is 1.31 bits per heavy atom. The Morgan fingerprint density at radius 3 is 2.31 bits per heavy atom. The first-order valence-corrected chi connectivity index (χ1v) is 5.45. The molecular weight excluding hydrogens is 157 g/mol. The summed E-state index contributed by atoms with van der Waals surface area (Å²) in [5.74, 6) is 2.32. The van der Waals surface area contributed by atoms with Crippen molar-refractivity contribution in [2.45, 2.75) is 46.4 Å². The van der Waals surface area contributed by atoms with Gasteiger partial charge in [-0.05, 0) is 0 Å². The van der Waals surface area contributed by atoms with Crippen LogP contribution in [0.4, 0.5) is 0 Å². The molecule has 0 spiro atoms. The average molecular weight is 181 g/mol. The topological polar surface area (TPSA) is 12.0 Å². The quantitative estimate of drug-likeness (QED) is 0.621. The van der Waals surface area contributed by atoms with Crippen LogP contribution in [0, 0.1) is 11.8 Å². The van der Waals surface area contributed by atoms with Crippen LogP contribution in [0.1, 0.15) is 40.5 Å². The Labute approximate surface area is 84.2 Å².